The van der Waals surface area contributed by atoms with Gasteiger partial charge in [0, 0.05) is 10.2 Å². The Balaban J connectivity index is 2.33. The zero-order chi connectivity index (χ0) is 13.3. The summed E-state index contributed by atoms with van der Waals surface area (Å²) in [5.41, 5.74) is 2.51. The number of aryl methyl sites for hydroxylation is 1. The van der Waals surface area contributed by atoms with Crippen LogP contribution in [-0.4, -0.2) is 11.6 Å². The number of amides is 1. The van der Waals surface area contributed by atoms with Crippen LogP contribution in [0.15, 0.2) is 27.8 Å². The smallest absolute Gasteiger partial charge is 0.257 e. The molecule has 0 saturated heterocycles. The molecule has 1 atom stereocenters. The SMILES string of the molecule is CC1=NN(c2ccc(C)c(Br)c2)C(=O)C1CC#N. The molecule has 0 bridgehead atoms. The topological polar surface area (TPSA) is 56.5 Å². The number of benzene rings is 1. The molecule has 0 spiro atoms. The number of anilines is 1. The zero-order valence-electron chi connectivity index (χ0n) is 10.1. The number of hydrazone groups is 1. The van der Waals surface area contributed by atoms with Crippen LogP contribution >= 0.6 is 15.9 Å². The molecule has 1 heterocycles. The maximum atomic E-state index is 12.1. The summed E-state index contributed by atoms with van der Waals surface area (Å²) in [5.74, 6) is -0.542. The monoisotopic (exact) mass is 305 g/mol. The fourth-order valence-corrected chi connectivity index (χ4v) is 2.19. The molecule has 1 aliphatic heterocycles. The molecule has 0 fully saturated rings. The number of nitrogens with zero attached hydrogens (tertiary/aromatic N) is 3. The summed E-state index contributed by atoms with van der Waals surface area (Å²) in [5, 5.41) is 14.3. The minimum atomic E-state index is -0.407. The van der Waals surface area contributed by atoms with Gasteiger partial charge in [-0.25, -0.2) is 5.01 Å². The molecule has 1 amide bonds. The maximum Gasteiger partial charge on any atom is 0.257 e. The van der Waals surface area contributed by atoms with Crippen molar-refractivity contribution in [3.63, 3.8) is 0 Å². The van der Waals surface area contributed by atoms with Gasteiger partial charge in [0.1, 0.15) is 0 Å². The van der Waals surface area contributed by atoms with Crippen LogP contribution in [0.25, 0.3) is 0 Å². The number of hydrogen-bond acceptors (Lipinski definition) is 3. The van der Waals surface area contributed by atoms with Crippen LogP contribution in [0.2, 0.25) is 0 Å². The van der Waals surface area contributed by atoms with Gasteiger partial charge in [0.25, 0.3) is 5.91 Å². The van der Waals surface area contributed by atoms with Crippen LogP contribution in [0.5, 0.6) is 0 Å². The van der Waals surface area contributed by atoms with Crippen LogP contribution in [-0.2, 0) is 4.79 Å². The van der Waals surface area contributed by atoms with Crippen molar-refractivity contribution in [3.05, 3.63) is 28.2 Å². The van der Waals surface area contributed by atoms with Crippen LogP contribution in [0.4, 0.5) is 5.69 Å². The van der Waals surface area contributed by atoms with E-state index in [0.717, 1.165) is 15.7 Å². The van der Waals surface area contributed by atoms with Crippen molar-refractivity contribution < 1.29 is 4.79 Å². The minimum absolute atomic E-state index is 0.134. The van der Waals surface area contributed by atoms with E-state index in [0.29, 0.717) is 5.71 Å². The second-order valence-corrected chi connectivity index (χ2v) is 5.09. The van der Waals surface area contributed by atoms with Gasteiger partial charge in [-0.15, -0.1) is 0 Å². The quantitative estimate of drug-likeness (QED) is 0.843. The average molecular weight is 306 g/mol. The molecule has 0 radical (unpaired) electrons. The zero-order valence-corrected chi connectivity index (χ0v) is 11.7. The lowest BCUT2D eigenvalue weighted by Gasteiger charge is -2.14. The van der Waals surface area contributed by atoms with Crippen molar-refractivity contribution in [1.29, 1.82) is 5.26 Å². The maximum absolute atomic E-state index is 12.1. The second kappa shape index (κ2) is 4.91. The molecule has 92 valence electrons. The highest BCUT2D eigenvalue weighted by molar-refractivity contribution is 9.10. The van der Waals surface area contributed by atoms with Gasteiger partial charge in [0.05, 0.1) is 24.1 Å². The number of hydrogen-bond donors (Lipinski definition) is 0. The van der Waals surface area contributed by atoms with E-state index in [2.05, 4.69) is 21.0 Å². The Morgan fingerprint density at radius 3 is 2.83 bits per heavy atom. The Bertz CT molecular complexity index is 574. The van der Waals surface area contributed by atoms with Gasteiger partial charge in [-0.2, -0.15) is 10.4 Å². The summed E-state index contributed by atoms with van der Waals surface area (Å²) in [6, 6.07) is 7.66. The molecule has 0 aromatic heterocycles. The van der Waals surface area contributed by atoms with E-state index in [-0.39, 0.29) is 12.3 Å². The van der Waals surface area contributed by atoms with E-state index in [1.54, 1.807) is 6.92 Å². The number of nitriles is 1. The molecule has 1 aliphatic rings. The van der Waals surface area contributed by atoms with Gasteiger partial charge < -0.3 is 0 Å². The van der Waals surface area contributed by atoms with Gasteiger partial charge in [0.15, 0.2) is 0 Å². The predicted molar refractivity (Wildman–Crippen MR) is 73.2 cm³/mol. The number of halogens is 1. The van der Waals surface area contributed by atoms with Crippen LogP contribution in [0.3, 0.4) is 0 Å². The third-order valence-electron chi connectivity index (χ3n) is 2.96. The third kappa shape index (κ3) is 2.16. The molecular weight excluding hydrogens is 294 g/mol. The fourth-order valence-electron chi connectivity index (χ4n) is 1.83. The summed E-state index contributed by atoms with van der Waals surface area (Å²) >= 11 is 3.44. The first-order valence-electron chi connectivity index (χ1n) is 5.56. The predicted octanol–water partition coefficient (Wildman–Crippen LogP) is 3.01. The van der Waals surface area contributed by atoms with E-state index < -0.39 is 5.92 Å². The Hall–Kier alpha value is -1.67. The molecule has 1 aromatic carbocycles. The second-order valence-electron chi connectivity index (χ2n) is 4.24. The standard InChI is InChI=1S/C13H12BrN3O/c1-8-3-4-10(7-12(8)14)17-13(18)11(5-6-15)9(2)16-17/h3-4,7,11H,5H2,1-2H3. The van der Waals surface area contributed by atoms with Crippen molar-refractivity contribution in [2.45, 2.75) is 20.3 Å². The summed E-state index contributed by atoms with van der Waals surface area (Å²) in [6.45, 7) is 3.76. The molecule has 0 N–H and O–H groups in total. The molecule has 1 aromatic rings. The summed E-state index contributed by atoms with van der Waals surface area (Å²) in [6.07, 6.45) is 0.178. The number of carbonyl (C=O) groups is 1. The van der Waals surface area contributed by atoms with Crippen LogP contribution in [0.1, 0.15) is 18.9 Å². The highest BCUT2D eigenvalue weighted by Gasteiger charge is 2.34. The normalized spacial score (nSPS) is 18.8. The number of rotatable bonds is 2. The van der Waals surface area contributed by atoms with Gasteiger partial charge in [-0.05, 0) is 31.5 Å². The molecular formula is C13H12BrN3O. The van der Waals surface area contributed by atoms with Crippen LogP contribution in [0, 0.1) is 24.2 Å². The van der Waals surface area contributed by atoms with E-state index >= 15 is 0 Å². The summed E-state index contributed by atoms with van der Waals surface area (Å²) < 4.78 is 0.935. The Morgan fingerprint density at radius 2 is 2.22 bits per heavy atom. The van der Waals surface area contributed by atoms with E-state index in [9.17, 15) is 4.79 Å². The molecule has 4 nitrogen and oxygen atoms in total. The van der Waals surface area contributed by atoms with E-state index in [1.165, 1.54) is 5.01 Å². The molecule has 0 aliphatic carbocycles. The molecule has 2 rings (SSSR count). The van der Waals surface area contributed by atoms with Crippen molar-refractivity contribution in [2.75, 3.05) is 5.01 Å². The minimum Gasteiger partial charge on any atom is -0.272 e. The molecule has 5 heteroatoms. The lowest BCUT2D eigenvalue weighted by molar-refractivity contribution is -0.119. The lowest BCUT2D eigenvalue weighted by atomic mass is 10.0. The Morgan fingerprint density at radius 1 is 1.50 bits per heavy atom. The average Bonchev–Trinajstić information content (AvgIpc) is 2.61. The van der Waals surface area contributed by atoms with Gasteiger partial charge >= 0.3 is 0 Å². The van der Waals surface area contributed by atoms with Crippen molar-refractivity contribution in [2.24, 2.45) is 11.0 Å². The van der Waals surface area contributed by atoms with E-state index in [1.807, 2.05) is 31.2 Å². The van der Waals surface area contributed by atoms with Gasteiger partial charge in [-0.3, -0.25) is 4.79 Å². The Kier molecular flexibility index (Phi) is 3.48. The summed E-state index contributed by atoms with van der Waals surface area (Å²) in [7, 11) is 0. The summed E-state index contributed by atoms with van der Waals surface area (Å²) in [4.78, 5) is 12.1. The van der Waals surface area contributed by atoms with Gasteiger partial charge in [0.2, 0.25) is 0 Å². The molecule has 0 saturated carbocycles. The van der Waals surface area contributed by atoms with E-state index in [4.69, 9.17) is 5.26 Å². The van der Waals surface area contributed by atoms with Crippen molar-refractivity contribution in [1.82, 2.24) is 0 Å². The highest BCUT2D eigenvalue weighted by atomic mass is 79.9. The van der Waals surface area contributed by atoms with Crippen molar-refractivity contribution in [3.8, 4) is 6.07 Å². The molecule has 1 unspecified atom stereocenters. The van der Waals surface area contributed by atoms with Gasteiger partial charge in [-0.1, -0.05) is 22.0 Å². The first kappa shape index (κ1) is 12.8. The first-order chi connectivity index (χ1) is 8.54. The molecule has 18 heavy (non-hydrogen) atoms. The first-order valence-corrected chi connectivity index (χ1v) is 6.36. The van der Waals surface area contributed by atoms with Crippen LogP contribution < -0.4 is 5.01 Å². The van der Waals surface area contributed by atoms with Crippen molar-refractivity contribution >= 4 is 33.2 Å². The highest BCUT2D eigenvalue weighted by Crippen LogP contribution is 2.29. The number of carbonyl (C=O) groups excluding carboxylic acids is 1. The Labute approximate surface area is 114 Å². The fraction of sp³-hybridized carbons (Fsp3) is 0.308. The third-order valence-corrected chi connectivity index (χ3v) is 3.82. The largest absolute Gasteiger partial charge is 0.272 e. The lowest BCUT2D eigenvalue weighted by Crippen LogP contribution is -2.26.